The summed E-state index contributed by atoms with van der Waals surface area (Å²) in [6, 6.07) is 2.75. The van der Waals surface area contributed by atoms with Crippen LogP contribution in [0.25, 0.3) is 0 Å². The molecule has 0 bridgehead atoms. The molecule has 2 nitrogen and oxygen atoms in total. The quantitative estimate of drug-likeness (QED) is 0.585. The lowest BCUT2D eigenvalue weighted by Gasteiger charge is -2.57. The van der Waals surface area contributed by atoms with Gasteiger partial charge < -0.3 is 0 Å². The zero-order valence-corrected chi connectivity index (χ0v) is 16.7. The predicted molar refractivity (Wildman–Crippen MR) is 104 cm³/mol. The molecule has 0 aliphatic heterocycles. The van der Waals surface area contributed by atoms with Crippen molar-refractivity contribution >= 4 is 5.78 Å². The van der Waals surface area contributed by atoms with Crippen molar-refractivity contribution in [3.63, 3.8) is 0 Å². The van der Waals surface area contributed by atoms with E-state index in [9.17, 15) is 10.1 Å². The fourth-order valence-corrected chi connectivity index (χ4v) is 7.81. The van der Waals surface area contributed by atoms with Gasteiger partial charge in [0.05, 0.1) is 11.5 Å². The maximum absolute atomic E-state index is 12.0. The van der Waals surface area contributed by atoms with Gasteiger partial charge >= 0.3 is 0 Å². The number of hydrogen-bond acceptors (Lipinski definition) is 2. The second-order valence-electron chi connectivity index (χ2n) is 9.69. The fourth-order valence-electron chi connectivity index (χ4n) is 7.81. The van der Waals surface area contributed by atoms with E-state index in [2.05, 4.69) is 33.4 Å². The van der Waals surface area contributed by atoms with E-state index in [1.54, 1.807) is 0 Å². The van der Waals surface area contributed by atoms with E-state index in [0.717, 1.165) is 38.5 Å². The Labute approximate surface area is 158 Å². The van der Waals surface area contributed by atoms with Gasteiger partial charge in [0, 0.05) is 6.42 Å². The molecule has 3 saturated carbocycles. The van der Waals surface area contributed by atoms with Gasteiger partial charge in [-0.05, 0) is 79.6 Å². The standard InChI is InChI=1S/C24H33NO/c1-5-16-12-17-13-18(26)7-8-19(17)20-9-10-23(4)21(22(16)20)11-15(3)24(23,6-2)14-25/h13,16,19-22H,3,5-12H2,1-2,4H3/t16-,19-,20+,21-,22+,23-,24-/m0/s1. The Morgan fingerprint density at radius 1 is 1.31 bits per heavy atom. The van der Waals surface area contributed by atoms with Gasteiger partial charge in [0.15, 0.2) is 5.78 Å². The number of nitrogens with zero attached hydrogens (tertiary/aromatic N) is 1. The molecule has 0 radical (unpaired) electrons. The van der Waals surface area contributed by atoms with Crippen LogP contribution in [0, 0.1) is 51.8 Å². The molecule has 4 aliphatic carbocycles. The first-order chi connectivity index (χ1) is 12.4. The number of carbonyl (C=O) groups is 1. The third-order valence-electron chi connectivity index (χ3n) is 9.15. The molecule has 140 valence electrons. The number of allylic oxidation sites excluding steroid dienone is 2. The van der Waals surface area contributed by atoms with Crippen LogP contribution in [0.3, 0.4) is 0 Å². The minimum Gasteiger partial charge on any atom is -0.295 e. The number of rotatable bonds is 2. The van der Waals surface area contributed by atoms with Gasteiger partial charge in [-0.2, -0.15) is 5.26 Å². The monoisotopic (exact) mass is 351 g/mol. The lowest BCUT2D eigenvalue weighted by molar-refractivity contribution is -0.116. The zero-order valence-electron chi connectivity index (χ0n) is 16.7. The van der Waals surface area contributed by atoms with E-state index >= 15 is 0 Å². The van der Waals surface area contributed by atoms with Crippen LogP contribution in [0.4, 0.5) is 0 Å². The zero-order chi connectivity index (χ0) is 18.7. The van der Waals surface area contributed by atoms with Gasteiger partial charge in [-0.15, -0.1) is 0 Å². The Kier molecular flexibility index (Phi) is 4.22. The first-order valence-corrected chi connectivity index (χ1v) is 10.7. The average Bonchev–Trinajstić information content (AvgIpc) is 2.87. The van der Waals surface area contributed by atoms with Crippen molar-refractivity contribution in [2.75, 3.05) is 0 Å². The molecule has 0 aromatic heterocycles. The van der Waals surface area contributed by atoms with Crippen LogP contribution in [-0.2, 0) is 4.79 Å². The summed E-state index contributed by atoms with van der Waals surface area (Å²) in [5.74, 6) is 3.64. The van der Waals surface area contributed by atoms with Crippen molar-refractivity contribution in [2.24, 2.45) is 40.4 Å². The number of nitriles is 1. The van der Waals surface area contributed by atoms with Crippen LogP contribution in [0.1, 0.15) is 72.1 Å². The Morgan fingerprint density at radius 3 is 2.73 bits per heavy atom. The summed E-state index contributed by atoms with van der Waals surface area (Å²) in [4.78, 5) is 12.0. The van der Waals surface area contributed by atoms with Crippen LogP contribution < -0.4 is 0 Å². The summed E-state index contributed by atoms with van der Waals surface area (Å²) >= 11 is 0. The second-order valence-corrected chi connectivity index (χ2v) is 9.69. The van der Waals surface area contributed by atoms with Crippen LogP contribution in [0.15, 0.2) is 23.8 Å². The normalized spacial score (nSPS) is 47.5. The van der Waals surface area contributed by atoms with Crippen LogP contribution in [-0.4, -0.2) is 5.78 Å². The molecule has 0 heterocycles. The van der Waals surface area contributed by atoms with Gasteiger partial charge in [-0.1, -0.05) is 44.9 Å². The summed E-state index contributed by atoms with van der Waals surface area (Å²) in [5.41, 5.74) is 2.40. The summed E-state index contributed by atoms with van der Waals surface area (Å²) in [5, 5.41) is 10.2. The highest BCUT2D eigenvalue weighted by Crippen LogP contribution is 2.70. The van der Waals surface area contributed by atoms with E-state index in [1.807, 2.05) is 6.08 Å². The highest BCUT2D eigenvalue weighted by atomic mass is 16.1. The van der Waals surface area contributed by atoms with Crippen LogP contribution in [0.5, 0.6) is 0 Å². The highest BCUT2D eigenvalue weighted by Gasteiger charge is 2.65. The molecule has 2 heteroatoms. The molecule has 0 spiro atoms. The molecule has 4 aliphatic rings. The van der Waals surface area contributed by atoms with Crippen molar-refractivity contribution < 1.29 is 4.79 Å². The van der Waals surface area contributed by atoms with E-state index in [1.165, 1.54) is 24.0 Å². The molecule has 0 aromatic carbocycles. The second kappa shape index (κ2) is 6.08. The van der Waals surface area contributed by atoms with Crippen LogP contribution >= 0.6 is 0 Å². The van der Waals surface area contributed by atoms with Crippen molar-refractivity contribution in [2.45, 2.75) is 72.1 Å². The fraction of sp³-hybridized carbons (Fsp3) is 0.750. The highest BCUT2D eigenvalue weighted by molar-refractivity contribution is 5.91. The van der Waals surface area contributed by atoms with E-state index < -0.39 is 0 Å². The Bertz CT molecular complexity index is 712. The minimum atomic E-state index is -0.334. The lowest BCUT2D eigenvalue weighted by Crippen LogP contribution is -2.52. The van der Waals surface area contributed by atoms with Gasteiger partial charge in [0.2, 0.25) is 0 Å². The van der Waals surface area contributed by atoms with E-state index in [-0.39, 0.29) is 10.8 Å². The predicted octanol–water partition coefficient (Wildman–Crippen LogP) is 5.85. The third-order valence-corrected chi connectivity index (χ3v) is 9.15. The molecule has 0 unspecified atom stereocenters. The van der Waals surface area contributed by atoms with Crippen molar-refractivity contribution in [3.05, 3.63) is 23.8 Å². The van der Waals surface area contributed by atoms with Gasteiger partial charge in [0.1, 0.15) is 0 Å². The van der Waals surface area contributed by atoms with Crippen molar-refractivity contribution in [1.29, 1.82) is 5.26 Å². The molecule has 7 atom stereocenters. The maximum atomic E-state index is 12.0. The largest absolute Gasteiger partial charge is 0.295 e. The summed E-state index contributed by atoms with van der Waals surface area (Å²) < 4.78 is 0. The van der Waals surface area contributed by atoms with Gasteiger partial charge in [-0.25, -0.2) is 0 Å². The van der Waals surface area contributed by atoms with Crippen molar-refractivity contribution in [3.8, 4) is 6.07 Å². The molecule has 4 rings (SSSR count). The number of hydrogen-bond donors (Lipinski definition) is 0. The first kappa shape index (κ1) is 18.0. The smallest absolute Gasteiger partial charge is 0.155 e. The van der Waals surface area contributed by atoms with E-state index in [0.29, 0.717) is 35.4 Å². The topological polar surface area (TPSA) is 40.9 Å². The van der Waals surface area contributed by atoms with Crippen LogP contribution in [0.2, 0.25) is 0 Å². The Balaban J connectivity index is 1.76. The first-order valence-electron chi connectivity index (χ1n) is 10.7. The molecule has 0 saturated heterocycles. The van der Waals surface area contributed by atoms with Gasteiger partial charge in [0.25, 0.3) is 0 Å². The molecule has 0 amide bonds. The Morgan fingerprint density at radius 2 is 2.08 bits per heavy atom. The third kappa shape index (κ3) is 2.12. The number of fused-ring (bicyclic) bond motifs is 5. The molecule has 26 heavy (non-hydrogen) atoms. The number of carbonyl (C=O) groups excluding carboxylic acids is 1. The minimum absolute atomic E-state index is 0.0773. The molecular weight excluding hydrogens is 318 g/mol. The van der Waals surface area contributed by atoms with Crippen molar-refractivity contribution in [1.82, 2.24) is 0 Å². The molecular formula is C24H33NO. The van der Waals surface area contributed by atoms with Gasteiger partial charge in [-0.3, -0.25) is 4.79 Å². The summed E-state index contributed by atoms with van der Waals surface area (Å²) in [6.45, 7) is 11.3. The SMILES string of the molecule is C=C1C[C@H]2[C@@H]3[C@@H](CC)CC4=CC(=O)CC[C@@H]4[C@H]3CC[C@]2(C)[C@]1(C#N)CC. The molecule has 0 aromatic rings. The summed E-state index contributed by atoms with van der Waals surface area (Å²) in [6.07, 6.45) is 10.4. The summed E-state index contributed by atoms with van der Waals surface area (Å²) in [7, 11) is 0. The molecule has 3 fully saturated rings. The average molecular weight is 352 g/mol. The lowest BCUT2D eigenvalue weighted by atomic mass is 9.46. The maximum Gasteiger partial charge on any atom is 0.155 e. The van der Waals surface area contributed by atoms with E-state index in [4.69, 9.17) is 0 Å². The molecule has 0 N–H and O–H groups in total. The Hall–Kier alpha value is -1.36. The number of ketones is 1.